The smallest absolute Gasteiger partial charge is 0.414 e. The molecule has 0 radical (unpaired) electrons. The number of esters is 1. The van der Waals surface area contributed by atoms with Gasteiger partial charge in [-0.3, -0.25) is 19.4 Å². The van der Waals surface area contributed by atoms with Crippen LogP contribution in [0, 0.1) is 0 Å². The predicted octanol–water partition coefficient (Wildman–Crippen LogP) is 4.88. The quantitative estimate of drug-likeness (QED) is 0.141. The van der Waals surface area contributed by atoms with Crippen molar-refractivity contribution in [3.05, 3.63) is 131 Å². The molecule has 0 aliphatic carbocycles. The second-order valence-electron chi connectivity index (χ2n) is 9.82. The maximum absolute atomic E-state index is 13.1. The molecule has 2 amide bonds. The van der Waals surface area contributed by atoms with Crippen molar-refractivity contribution in [2.24, 2.45) is 0 Å². The average Bonchev–Trinajstić information content (AvgIpc) is 3.34. The van der Waals surface area contributed by atoms with Gasteiger partial charge in [-0.05, 0) is 23.1 Å². The highest BCUT2D eigenvalue weighted by atomic mass is 16.6. The summed E-state index contributed by atoms with van der Waals surface area (Å²) in [5, 5.41) is 0. The van der Waals surface area contributed by atoms with Gasteiger partial charge in [0.05, 0.1) is 13.0 Å². The van der Waals surface area contributed by atoms with Gasteiger partial charge in [0.25, 0.3) is 0 Å². The summed E-state index contributed by atoms with van der Waals surface area (Å²) in [5.74, 6) is -0.847. The standard InChI is InChI=1S/C33H30N2O7/c36-21-27(31-30(35-28(37)19-29(35)42-31)32(38)40-22-25-13-6-2-7-14-25)17-10-18-34(20-24-11-4-1-5-12-24)33(39)41-23-26-15-8-3-9-16-26/h1-16,18,21,29-30H,17,19-20,22-23H2/t29-,30?/m1/s1. The second kappa shape index (κ2) is 13.5. The molecule has 214 valence electrons. The lowest BCUT2D eigenvalue weighted by molar-refractivity contribution is -0.166. The van der Waals surface area contributed by atoms with Crippen LogP contribution < -0.4 is 0 Å². The topological polar surface area (TPSA) is 102 Å². The van der Waals surface area contributed by atoms with Crippen molar-refractivity contribution in [3.8, 4) is 0 Å². The van der Waals surface area contributed by atoms with Crippen molar-refractivity contribution in [3.63, 3.8) is 0 Å². The van der Waals surface area contributed by atoms with Gasteiger partial charge in [0.1, 0.15) is 25.3 Å². The molecule has 5 rings (SSSR count). The first-order valence-electron chi connectivity index (χ1n) is 13.6. The van der Waals surface area contributed by atoms with Gasteiger partial charge < -0.3 is 14.2 Å². The number of hydrogen-bond donors (Lipinski definition) is 0. The second-order valence-corrected chi connectivity index (χ2v) is 9.82. The number of aldehydes is 1. The van der Waals surface area contributed by atoms with E-state index in [4.69, 9.17) is 14.2 Å². The molecule has 2 atom stereocenters. The predicted molar refractivity (Wildman–Crippen MR) is 152 cm³/mol. The largest absolute Gasteiger partial charge is 0.471 e. The summed E-state index contributed by atoms with van der Waals surface area (Å²) < 4.78 is 16.9. The molecular formula is C33H30N2O7. The van der Waals surface area contributed by atoms with E-state index in [2.05, 4.69) is 0 Å². The normalized spacial score (nSPS) is 18.5. The zero-order valence-corrected chi connectivity index (χ0v) is 22.8. The van der Waals surface area contributed by atoms with Gasteiger partial charge >= 0.3 is 12.1 Å². The van der Waals surface area contributed by atoms with Gasteiger partial charge in [-0.1, -0.05) is 97.1 Å². The van der Waals surface area contributed by atoms with Crippen LogP contribution in [0.3, 0.4) is 0 Å². The van der Waals surface area contributed by atoms with Gasteiger partial charge in [0.2, 0.25) is 5.91 Å². The molecule has 0 aromatic heterocycles. The zero-order chi connectivity index (χ0) is 29.3. The number of amides is 2. The summed E-state index contributed by atoms with van der Waals surface area (Å²) in [6.07, 6.45) is 2.75. The molecule has 2 fully saturated rings. The number of β-lactam (4-membered cyclic amide) rings is 1. The third-order valence-electron chi connectivity index (χ3n) is 6.90. The van der Waals surface area contributed by atoms with E-state index >= 15 is 0 Å². The van der Waals surface area contributed by atoms with Crippen LogP contribution in [0.5, 0.6) is 0 Å². The number of hydrogen-bond acceptors (Lipinski definition) is 7. The molecule has 3 aromatic carbocycles. The highest BCUT2D eigenvalue weighted by Gasteiger charge is 2.55. The minimum atomic E-state index is -1.15. The van der Waals surface area contributed by atoms with Gasteiger partial charge in [-0.2, -0.15) is 0 Å². The van der Waals surface area contributed by atoms with Gasteiger partial charge in [-0.15, -0.1) is 0 Å². The fourth-order valence-corrected chi connectivity index (χ4v) is 4.70. The van der Waals surface area contributed by atoms with E-state index in [1.807, 2.05) is 91.0 Å². The van der Waals surface area contributed by atoms with Crippen LogP contribution in [-0.2, 0) is 48.4 Å². The number of carbonyl (C=O) groups is 4. The molecule has 1 unspecified atom stereocenters. The van der Waals surface area contributed by atoms with Crippen molar-refractivity contribution < 1.29 is 33.4 Å². The number of ether oxygens (including phenoxy) is 3. The Morgan fingerprint density at radius 2 is 1.43 bits per heavy atom. The summed E-state index contributed by atoms with van der Waals surface area (Å²) in [6.45, 7) is 0.369. The Kier molecular flexibility index (Phi) is 9.08. The average molecular weight is 567 g/mol. The summed E-state index contributed by atoms with van der Waals surface area (Å²) in [6, 6.07) is 26.8. The Labute approximate surface area is 243 Å². The molecule has 0 spiro atoms. The molecule has 2 aliphatic heterocycles. The molecule has 0 N–H and O–H groups in total. The van der Waals surface area contributed by atoms with Crippen molar-refractivity contribution in [2.75, 3.05) is 0 Å². The maximum atomic E-state index is 13.1. The minimum Gasteiger partial charge on any atom is -0.471 e. The molecule has 0 saturated carbocycles. The lowest BCUT2D eigenvalue weighted by Gasteiger charge is -2.33. The number of allylic oxidation sites excluding steroid dienone is 2. The number of rotatable bonds is 11. The molecule has 3 aromatic rings. The Bertz CT molecular complexity index is 1470. The van der Waals surface area contributed by atoms with Crippen LogP contribution in [0.1, 0.15) is 29.5 Å². The molecular weight excluding hydrogens is 536 g/mol. The Morgan fingerprint density at radius 1 is 0.857 bits per heavy atom. The van der Waals surface area contributed by atoms with Crippen LogP contribution in [0.15, 0.2) is 115 Å². The number of carbonyl (C=O) groups excluding carboxylic acids is 4. The number of benzene rings is 3. The number of nitrogens with zero attached hydrogens (tertiary/aromatic N) is 2. The fourth-order valence-electron chi connectivity index (χ4n) is 4.70. The first-order valence-corrected chi connectivity index (χ1v) is 13.6. The molecule has 9 heteroatoms. The first kappa shape index (κ1) is 28.4. The molecule has 2 aliphatic rings. The minimum absolute atomic E-state index is 0.0199. The third-order valence-corrected chi connectivity index (χ3v) is 6.90. The fraction of sp³-hybridized carbons (Fsp3) is 0.212. The van der Waals surface area contributed by atoms with E-state index in [1.54, 1.807) is 12.3 Å². The SMILES string of the molecule is O=CC(CC=CN(Cc1ccccc1)C(=O)OCc1ccccc1)=C1O[C@@H]2CC(=O)N2C1C(=O)OCc1ccccc1. The molecule has 42 heavy (non-hydrogen) atoms. The molecule has 2 heterocycles. The van der Waals surface area contributed by atoms with Crippen molar-refractivity contribution in [2.45, 2.75) is 44.9 Å². The van der Waals surface area contributed by atoms with E-state index < -0.39 is 24.3 Å². The Balaban J connectivity index is 1.31. The summed E-state index contributed by atoms with van der Waals surface area (Å²) in [7, 11) is 0. The van der Waals surface area contributed by atoms with E-state index in [-0.39, 0.29) is 49.8 Å². The zero-order valence-electron chi connectivity index (χ0n) is 22.8. The maximum Gasteiger partial charge on any atom is 0.414 e. The van der Waals surface area contributed by atoms with Crippen LogP contribution in [0.2, 0.25) is 0 Å². The Morgan fingerprint density at radius 3 is 2.00 bits per heavy atom. The van der Waals surface area contributed by atoms with Crippen LogP contribution in [-0.4, -0.2) is 46.3 Å². The van der Waals surface area contributed by atoms with Gasteiger partial charge in [-0.25, -0.2) is 9.59 Å². The monoisotopic (exact) mass is 566 g/mol. The highest BCUT2D eigenvalue weighted by molar-refractivity contribution is 5.93. The molecule has 2 saturated heterocycles. The van der Waals surface area contributed by atoms with Crippen LogP contribution in [0.25, 0.3) is 0 Å². The van der Waals surface area contributed by atoms with Crippen LogP contribution >= 0.6 is 0 Å². The van der Waals surface area contributed by atoms with E-state index in [9.17, 15) is 19.2 Å². The van der Waals surface area contributed by atoms with E-state index in [1.165, 1.54) is 9.80 Å². The summed E-state index contributed by atoms with van der Waals surface area (Å²) in [4.78, 5) is 53.4. The van der Waals surface area contributed by atoms with Crippen LogP contribution in [0.4, 0.5) is 4.79 Å². The number of fused-ring (bicyclic) bond motifs is 1. The van der Waals surface area contributed by atoms with Crippen molar-refractivity contribution in [1.29, 1.82) is 0 Å². The van der Waals surface area contributed by atoms with Crippen molar-refractivity contribution >= 4 is 24.3 Å². The lowest BCUT2D eigenvalue weighted by Crippen LogP contribution is -2.55. The summed E-state index contributed by atoms with van der Waals surface area (Å²) >= 11 is 0. The molecule has 0 bridgehead atoms. The van der Waals surface area contributed by atoms with E-state index in [0.717, 1.165) is 16.7 Å². The van der Waals surface area contributed by atoms with Crippen molar-refractivity contribution in [1.82, 2.24) is 9.80 Å². The first-order chi connectivity index (χ1) is 20.5. The lowest BCUT2D eigenvalue weighted by atomic mass is 10.0. The van der Waals surface area contributed by atoms with E-state index in [0.29, 0.717) is 6.29 Å². The summed E-state index contributed by atoms with van der Waals surface area (Å²) in [5.41, 5.74) is 2.70. The highest BCUT2D eigenvalue weighted by Crippen LogP contribution is 2.38. The Hall–Kier alpha value is -5.18. The third kappa shape index (κ3) is 6.75. The molecule has 9 nitrogen and oxygen atoms in total. The van der Waals surface area contributed by atoms with Gasteiger partial charge in [0, 0.05) is 11.8 Å². The van der Waals surface area contributed by atoms with Gasteiger partial charge in [0.15, 0.2) is 12.3 Å².